The van der Waals surface area contributed by atoms with E-state index in [1.807, 2.05) is 73.7 Å². The maximum Gasteiger partial charge on any atom is 0.266 e. The first kappa shape index (κ1) is 26.2. The van der Waals surface area contributed by atoms with Crippen molar-refractivity contribution in [3.8, 4) is 11.5 Å². The van der Waals surface area contributed by atoms with Crippen LogP contribution in [0.3, 0.4) is 0 Å². The number of nitrogens with zero attached hydrogens (tertiary/aromatic N) is 2. The molecule has 0 spiro atoms. The number of hydrogen-bond donors (Lipinski definition) is 0. The van der Waals surface area contributed by atoms with Gasteiger partial charge < -0.3 is 14.2 Å². The van der Waals surface area contributed by atoms with Gasteiger partial charge in [0.15, 0.2) is 16.7 Å². The van der Waals surface area contributed by atoms with E-state index in [0.717, 1.165) is 16.8 Å². The van der Waals surface area contributed by atoms with Gasteiger partial charge in [-0.2, -0.15) is 0 Å². The summed E-state index contributed by atoms with van der Waals surface area (Å²) < 4.78 is 18.2. The first-order chi connectivity index (χ1) is 17.6. The summed E-state index contributed by atoms with van der Waals surface area (Å²) in [4.78, 5) is 20.2. The van der Waals surface area contributed by atoms with E-state index in [1.54, 1.807) is 12.0 Å². The SMILES string of the molecule is CCOCCN1C(=O)/C(=C/c2ccc(OCc3ccc(I)cc3)c(OC)c2)SC1=Nc1ccccc1. The highest BCUT2D eigenvalue weighted by Gasteiger charge is 2.33. The van der Waals surface area contributed by atoms with Crippen LogP contribution in [0.1, 0.15) is 18.1 Å². The van der Waals surface area contributed by atoms with Crippen molar-refractivity contribution in [2.24, 2.45) is 4.99 Å². The van der Waals surface area contributed by atoms with E-state index in [9.17, 15) is 4.79 Å². The number of amides is 1. The molecule has 1 aliphatic heterocycles. The summed E-state index contributed by atoms with van der Waals surface area (Å²) in [7, 11) is 1.61. The molecule has 0 bridgehead atoms. The van der Waals surface area contributed by atoms with E-state index in [1.165, 1.54) is 15.3 Å². The van der Waals surface area contributed by atoms with E-state index in [4.69, 9.17) is 19.2 Å². The van der Waals surface area contributed by atoms with Crippen molar-refractivity contribution in [1.82, 2.24) is 4.90 Å². The molecule has 1 aliphatic rings. The number of rotatable bonds is 10. The van der Waals surface area contributed by atoms with E-state index in [2.05, 4.69) is 34.7 Å². The molecular formula is C28H27IN2O4S. The van der Waals surface area contributed by atoms with Crippen molar-refractivity contribution in [2.45, 2.75) is 13.5 Å². The summed E-state index contributed by atoms with van der Waals surface area (Å²) in [5.41, 5.74) is 2.72. The molecule has 0 unspecified atom stereocenters. The number of benzene rings is 3. The Kier molecular flexibility index (Phi) is 9.43. The maximum atomic E-state index is 13.3. The summed E-state index contributed by atoms with van der Waals surface area (Å²) in [6.45, 7) is 3.87. The van der Waals surface area contributed by atoms with Crippen molar-refractivity contribution >= 4 is 57.2 Å². The Morgan fingerprint density at radius 1 is 1.03 bits per heavy atom. The molecule has 6 nitrogen and oxygen atoms in total. The van der Waals surface area contributed by atoms with Gasteiger partial charge in [0, 0.05) is 10.2 Å². The van der Waals surface area contributed by atoms with Gasteiger partial charge in [-0.25, -0.2) is 4.99 Å². The Labute approximate surface area is 229 Å². The lowest BCUT2D eigenvalue weighted by atomic mass is 10.1. The lowest BCUT2D eigenvalue weighted by molar-refractivity contribution is -0.122. The van der Waals surface area contributed by atoms with Gasteiger partial charge in [-0.1, -0.05) is 36.4 Å². The van der Waals surface area contributed by atoms with E-state index in [0.29, 0.717) is 47.9 Å². The molecule has 1 amide bonds. The zero-order valence-electron chi connectivity index (χ0n) is 20.1. The van der Waals surface area contributed by atoms with Gasteiger partial charge >= 0.3 is 0 Å². The average molecular weight is 615 g/mol. The van der Waals surface area contributed by atoms with Crippen molar-refractivity contribution in [1.29, 1.82) is 0 Å². The fourth-order valence-electron chi connectivity index (χ4n) is 3.49. The van der Waals surface area contributed by atoms with Crippen LogP contribution < -0.4 is 9.47 Å². The zero-order valence-corrected chi connectivity index (χ0v) is 23.1. The second kappa shape index (κ2) is 12.9. The quantitative estimate of drug-likeness (QED) is 0.148. The Morgan fingerprint density at radius 2 is 1.81 bits per heavy atom. The minimum atomic E-state index is -0.0904. The second-order valence-electron chi connectivity index (χ2n) is 7.82. The topological polar surface area (TPSA) is 60.4 Å². The van der Waals surface area contributed by atoms with Crippen LogP contribution in [-0.4, -0.2) is 42.8 Å². The van der Waals surface area contributed by atoms with Crippen molar-refractivity contribution in [2.75, 3.05) is 26.9 Å². The van der Waals surface area contributed by atoms with Crippen molar-refractivity contribution in [3.05, 3.63) is 92.4 Å². The fourth-order valence-corrected chi connectivity index (χ4v) is 4.87. The number of carbonyl (C=O) groups is 1. The predicted molar refractivity (Wildman–Crippen MR) is 154 cm³/mol. The van der Waals surface area contributed by atoms with Crippen LogP contribution in [0.15, 0.2) is 82.7 Å². The number of aliphatic imine (C=N–C) groups is 1. The molecule has 3 aromatic carbocycles. The Hall–Kier alpha value is -2.82. The lowest BCUT2D eigenvalue weighted by Gasteiger charge is -2.15. The molecule has 0 radical (unpaired) electrons. The number of hydrogen-bond acceptors (Lipinski definition) is 6. The van der Waals surface area contributed by atoms with Gasteiger partial charge in [-0.05, 0) is 94.9 Å². The minimum absolute atomic E-state index is 0.0904. The molecule has 0 aliphatic carbocycles. The van der Waals surface area contributed by atoms with Crippen molar-refractivity contribution < 1.29 is 19.0 Å². The van der Waals surface area contributed by atoms with Crippen LogP contribution in [0.5, 0.6) is 11.5 Å². The van der Waals surface area contributed by atoms with E-state index >= 15 is 0 Å². The minimum Gasteiger partial charge on any atom is -0.493 e. The normalized spacial score (nSPS) is 15.6. The highest BCUT2D eigenvalue weighted by molar-refractivity contribution is 14.1. The van der Waals surface area contributed by atoms with Gasteiger partial charge in [0.1, 0.15) is 6.61 Å². The second-order valence-corrected chi connectivity index (χ2v) is 10.1. The molecule has 186 valence electrons. The molecule has 4 rings (SSSR count). The number of para-hydroxylation sites is 1. The smallest absolute Gasteiger partial charge is 0.266 e. The first-order valence-electron chi connectivity index (χ1n) is 11.6. The molecule has 0 aromatic heterocycles. The monoisotopic (exact) mass is 614 g/mol. The number of halogens is 1. The van der Waals surface area contributed by atoms with Crippen molar-refractivity contribution in [3.63, 3.8) is 0 Å². The number of methoxy groups -OCH3 is 1. The average Bonchev–Trinajstić information content (AvgIpc) is 3.18. The van der Waals surface area contributed by atoms with Gasteiger partial charge in [-0.15, -0.1) is 0 Å². The van der Waals surface area contributed by atoms with Crippen LogP contribution in [0.25, 0.3) is 6.08 Å². The van der Waals surface area contributed by atoms with Gasteiger partial charge in [0.05, 0.1) is 30.9 Å². The molecule has 1 saturated heterocycles. The van der Waals surface area contributed by atoms with E-state index < -0.39 is 0 Å². The summed E-state index contributed by atoms with van der Waals surface area (Å²) in [6, 6.07) is 23.5. The number of thioether (sulfide) groups is 1. The number of amidine groups is 1. The molecule has 8 heteroatoms. The van der Waals surface area contributed by atoms with Crippen LogP contribution in [0.2, 0.25) is 0 Å². The third kappa shape index (κ3) is 6.89. The third-order valence-electron chi connectivity index (χ3n) is 5.33. The Balaban J connectivity index is 1.54. The number of ether oxygens (including phenoxy) is 3. The number of carbonyl (C=O) groups excluding carboxylic acids is 1. The van der Waals surface area contributed by atoms with E-state index in [-0.39, 0.29) is 5.91 Å². The molecule has 0 saturated carbocycles. The highest BCUT2D eigenvalue weighted by Crippen LogP contribution is 2.36. The Bertz CT molecular complexity index is 1250. The summed E-state index contributed by atoms with van der Waals surface area (Å²) >= 11 is 3.64. The highest BCUT2D eigenvalue weighted by atomic mass is 127. The molecule has 3 aromatic rings. The molecule has 1 fully saturated rings. The van der Waals surface area contributed by atoms with Gasteiger partial charge in [0.25, 0.3) is 5.91 Å². The molecule has 0 N–H and O–H groups in total. The van der Waals surface area contributed by atoms with Crippen LogP contribution in [0, 0.1) is 3.57 Å². The predicted octanol–water partition coefficient (Wildman–Crippen LogP) is 6.52. The van der Waals surface area contributed by atoms with Crippen LogP contribution >= 0.6 is 34.4 Å². The van der Waals surface area contributed by atoms with Crippen LogP contribution in [-0.2, 0) is 16.1 Å². The van der Waals surface area contributed by atoms with Gasteiger partial charge in [-0.3, -0.25) is 9.69 Å². The van der Waals surface area contributed by atoms with Gasteiger partial charge in [0.2, 0.25) is 0 Å². The summed E-state index contributed by atoms with van der Waals surface area (Å²) in [5.74, 6) is 1.16. The molecular weight excluding hydrogens is 587 g/mol. The first-order valence-corrected chi connectivity index (χ1v) is 13.4. The molecule has 1 heterocycles. The zero-order chi connectivity index (χ0) is 25.3. The summed E-state index contributed by atoms with van der Waals surface area (Å²) in [5, 5.41) is 0.640. The standard InChI is InChI=1S/C28H27IN2O4S/c1-3-34-16-15-31-27(32)26(36-28(31)30-23-7-5-4-6-8-23)18-21-11-14-24(25(17-21)33-2)35-19-20-9-12-22(29)13-10-20/h4-14,17-18H,3,15-16,19H2,1-2H3/b26-18-,30-28?. The summed E-state index contributed by atoms with van der Waals surface area (Å²) in [6.07, 6.45) is 1.86. The fraction of sp³-hybridized carbons (Fsp3) is 0.214. The largest absolute Gasteiger partial charge is 0.493 e. The maximum absolute atomic E-state index is 13.3. The third-order valence-corrected chi connectivity index (χ3v) is 7.05. The molecule has 0 atom stereocenters. The van der Waals surface area contributed by atoms with Crippen LogP contribution in [0.4, 0.5) is 5.69 Å². The molecule has 36 heavy (non-hydrogen) atoms. The lowest BCUT2D eigenvalue weighted by Crippen LogP contribution is -2.32. The Morgan fingerprint density at radius 3 is 2.53 bits per heavy atom.